The van der Waals surface area contributed by atoms with Crippen LogP contribution in [0.25, 0.3) is 0 Å². The van der Waals surface area contributed by atoms with Crippen molar-refractivity contribution in [3.63, 3.8) is 0 Å². The molecule has 0 saturated heterocycles. The van der Waals surface area contributed by atoms with Crippen LogP contribution in [-0.2, 0) is 34.1 Å². The minimum atomic E-state index is -4.51. The number of hydrogen-bond donors (Lipinski definition) is 0. The third-order valence-electron chi connectivity index (χ3n) is 4.65. The van der Waals surface area contributed by atoms with E-state index in [2.05, 4.69) is 0 Å². The summed E-state index contributed by atoms with van der Waals surface area (Å²) in [6, 6.07) is 18.8. The molecular weight excluding hydrogens is 443 g/mol. The number of sulfonamides is 1. The van der Waals surface area contributed by atoms with Crippen LogP contribution in [0, 0.1) is 0 Å². The average molecular weight is 463 g/mol. The third-order valence-corrected chi connectivity index (χ3v) is 6.45. The number of hydrogen-bond acceptors (Lipinski definition) is 4. The standard InChI is InChI=1S/C23H20F3NO4S/c1-27(15-17-7-3-2-4-8-17)32(29,30)21-12-6-10-19(14-21)22(28)31-16-18-9-5-11-20(13-18)23(24,25)26/h2-14H,15-16H2,1H3. The Kier molecular flexibility index (Phi) is 7.00. The van der Waals surface area contributed by atoms with Crippen molar-refractivity contribution in [1.82, 2.24) is 4.31 Å². The largest absolute Gasteiger partial charge is 0.457 e. The van der Waals surface area contributed by atoms with Gasteiger partial charge >= 0.3 is 12.1 Å². The van der Waals surface area contributed by atoms with Gasteiger partial charge in [-0.2, -0.15) is 17.5 Å². The summed E-state index contributed by atoms with van der Waals surface area (Å²) in [4.78, 5) is 12.3. The van der Waals surface area contributed by atoms with Gasteiger partial charge in [-0.15, -0.1) is 0 Å². The van der Waals surface area contributed by atoms with Gasteiger partial charge in [0.2, 0.25) is 10.0 Å². The molecule has 0 bridgehead atoms. The summed E-state index contributed by atoms with van der Waals surface area (Å²) in [6.45, 7) is -0.235. The number of rotatable bonds is 7. The van der Waals surface area contributed by atoms with E-state index in [9.17, 15) is 26.4 Å². The number of carbonyl (C=O) groups excluding carboxylic acids is 1. The monoisotopic (exact) mass is 463 g/mol. The van der Waals surface area contributed by atoms with E-state index in [4.69, 9.17) is 4.74 Å². The Bertz CT molecular complexity index is 1200. The molecule has 0 radical (unpaired) electrons. The Morgan fingerprint density at radius 3 is 2.25 bits per heavy atom. The lowest BCUT2D eigenvalue weighted by molar-refractivity contribution is -0.137. The predicted octanol–water partition coefficient (Wildman–Crippen LogP) is 4.88. The van der Waals surface area contributed by atoms with Crippen LogP contribution in [0.5, 0.6) is 0 Å². The van der Waals surface area contributed by atoms with E-state index < -0.39 is 27.7 Å². The summed E-state index contributed by atoms with van der Waals surface area (Å²) < 4.78 is 70.5. The van der Waals surface area contributed by atoms with E-state index >= 15 is 0 Å². The zero-order valence-electron chi connectivity index (χ0n) is 17.0. The van der Waals surface area contributed by atoms with Gasteiger partial charge in [-0.1, -0.05) is 48.5 Å². The summed E-state index contributed by atoms with van der Waals surface area (Å²) in [5.74, 6) is -0.842. The Morgan fingerprint density at radius 2 is 1.56 bits per heavy atom. The fraction of sp³-hybridized carbons (Fsp3) is 0.174. The maximum Gasteiger partial charge on any atom is 0.416 e. The van der Waals surface area contributed by atoms with E-state index in [1.807, 2.05) is 6.07 Å². The molecule has 3 aromatic rings. The summed E-state index contributed by atoms with van der Waals surface area (Å²) in [7, 11) is -2.45. The summed E-state index contributed by atoms with van der Waals surface area (Å²) in [6.07, 6.45) is -4.51. The molecule has 0 amide bonds. The lowest BCUT2D eigenvalue weighted by Gasteiger charge is -2.17. The molecule has 0 aromatic heterocycles. The van der Waals surface area contributed by atoms with Crippen molar-refractivity contribution in [2.24, 2.45) is 0 Å². The first kappa shape index (κ1) is 23.5. The van der Waals surface area contributed by atoms with Crippen molar-refractivity contribution >= 4 is 16.0 Å². The molecule has 0 heterocycles. The van der Waals surface area contributed by atoms with Gasteiger partial charge in [0, 0.05) is 13.6 Å². The SMILES string of the molecule is CN(Cc1ccccc1)S(=O)(=O)c1cccc(C(=O)OCc2cccc(C(F)(F)F)c2)c1. The van der Waals surface area contributed by atoms with E-state index in [0.29, 0.717) is 0 Å². The van der Waals surface area contributed by atoms with Crippen molar-refractivity contribution in [2.45, 2.75) is 24.2 Å². The molecule has 168 valence electrons. The second-order valence-electron chi connectivity index (χ2n) is 7.05. The van der Waals surface area contributed by atoms with Crippen LogP contribution in [0.3, 0.4) is 0 Å². The molecule has 0 spiro atoms. The molecule has 5 nitrogen and oxygen atoms in total. The lowest BCUT2D eigenvalue weighted by Crippen LogP contribution is -2.26. The topological polar surface area (TPSA) is 63.7 Å². The van der Waals surface area contributed by atoms with Crippen LogP contribution < -0.4 is 0 Å². The van der Waals surface area contributed by atoms with Gasteiger partial charge in [-0.05, 0) is 41.5 Å². The molecule has 0 fully saturated rings. The first-order valence-corrected chi connectivity index (χ1v) is 10.9. The van der Waals surface area contributed by atoms with Crippen molar-refractivity contribution in [1.29, 1.82) is 0 Å². The highest BCUT2D eigenvalue weighted by Gasteiger charge is 2.30. The molecular formula is C23H20F3NO4S. The predicted molar refractivity (Wildman–Crippen MR) is 112 cm³/mol. The number of carbonyl (C=O) groups is 1. The highest BCUT2D eigenvalue weighted by Crippen LogP contribution is 2.29. The van der Waals surface area contributed by atoms with Crippen LogP contribution in [-0.4, -0.2) is 25.7 Å². The van der Waals surface area contributed by atoms with Crippen LogP contribution >= 0.6 is 0 Å². The smallest absolute Gasteiger partial charge is 0.416 e. The van der Waals surface area contributed by atoms with Crippen molar-refractivity contribution in [3.8, 4) is 0 Å². The van der Waals surface area contributed by atoms with Crippen molar-refractivity contribution < 1.29 is 31.1 Å². The van der Waals surface area contributed by atoms with Crippen LogP contribution in [0.15, 0.2) is 83.8 Å². The first-order chi connectivity index (χ1) is 15.1. The Hall–Kier alpha value is -3.17. The van der Waals surface area contributed by atoms with Crippen molar-refractivity contribution in [3.05, 3.63) is 101 Å². The molecule has 0 aliphatic rings. The molecule has 0 N–H and O–H groups in total. The molecule has 9 heteroatoms. The van der Waals surface area contributed by atoms with Gasteiger partial charge in [-0.3, -0.25) is 0 Å². The van der Waals surface area contributed by atoms with E-state index in [1.165, 1.54) is 43.4 Å². The molecule has 3 aromatic carbocycles. The van der Waals surface area contributed by atoms with Gasteiger partial charge in [0.15, 0.2) is 0 Å². The molecule has 32 heavy (non-hydrogen) atoms. The molecule has 3 rings (SSSR count). The molecule has 0 aliphatic heterocycles. The van der Waals surface area contributed by atoms with Gasteiger partial charge in [0.25, 0.3) is 0 Å². The van der Waals surface area contributed by atoms with Gasteiger partial charge in [0.05, 0.1) is 16.0 Å². The van der Waals surface area contributed by atoms with Crippen LogP contribution in [0.2, 0.25) is 0 Å². The fourth-order valence-corrected chi connectivity index (χ4v) is 4.16. The normalized spacial score (nSPS) is 12.0. The van der Waals surface area contributed by atoms with Crippen LogP contribution in [0.1, 0.15) is 27.0 Å². The Morgan fingerprint density at radius 1 is 0.906 bits per heavy atom. The lowest BCUT2D eigenvalue weighted by atomic mass is 10.1. The van der Waals surface area contributed by atoms with Gasteiger partial charge in [-0.25, -0.2) is 13.2 Å². The van der Waals surface area contributed by atoms with E-state index in [-0.39, 0.29) is 29.2 Å². The second kappa shape index (κ2) is 9.54. The van der Waals surface area contributed by atoms with Crippen molar-refractivity contribution in [2.75, 3.05) is 7.05 Å². The molecule has 0 unspecified atom stereocenters. The Labute approximate surface area is 184 Å². The van der Waals surface area contributed by atoms with E-state index in [0.717, 1.165) is 22.0 Å². The van der Waals surface area contributed by atoms with Gasteiger partial charge < -0.3 is 4.74 Å². The second-order valence-corrected chi connectivity index (χ2v) is 9.09. The molecule has 0 aliphatic carbocycles. The number of esters is 1. The average Bonchev–Trinajstić information content (AvgIpc) is 2.78. The van der Waals surface area contributed by atoms with Crippen LogP contribution in [0.4, 0.5) is 13.2 Å². The number of benzene rings is 3. The highest BCUT2D eigenvalue weighted by molar-refractivity contribution is 7.89. The minimum Gasteiger partial charge on any atom is -0.457 e. The summed E-state index contributed by atoms with van der Waals surface area (Å²) in [5.41, 5.74) is 0.0986. The zero-order valence-corrected chi connectivity index (χ0v) is 17.9. The maximum atomic E-state index is 12.9. The maximum absolute atomic E-state index is 12.9. The third kappa shape index (κ3) is 5.74. The summed E-state index contributed by atoms with van der Waals surface area (Å²) in [5, 5.41) is 0. The first-order valence-electron chi connectivity index (χ1n) is 9.51. The van der Waals surface area contributed by atoms with Gasteiger partial charge in [0.1, 0.15) is 6.61 Å². The van der Waals surface area contributed by atoms with E-state index in [1.54, 1.807) is 24.3 Å². The highest BCUT2D eigenvalue weighted by atomic mass is 32.2. The quantitative estimate of drug-likeness (QED) is 0.469. The number of nitrogens with zero attached hydrogens (tertiary/aromatic N) is 1. The fourth-order valence-electron chi connectivity index (χ4n) is 2.96. The zero-order chi connectivity index (χ0) is 23.4. The molecule has 0 atom stereocenters. The minimum absolute atomic E-state index is 0.0221. The molecule has 0 saturated carbocycles. The number of ether oxygens (including phenoxy) is 1. The summed E-state index contributed by atoms with van der Waals surface area (Å²) >= 11 is 0. The number of halogens is 3. The number of alkyl halides is 3. The Balaban J connectivity index is 1.72.